The number of pyridine rings is 1. The van der Waals surface area contributed by atoms with Gasteiger partial charge < -0.3 is 10.4 Å². The highest BCUT2D eigenvalue weighted by atomic mass is 19.4. The Hall–Kier alpha value is -3.14. The summed E-state index contributed by atoms with van der Waals surface area (Å²) in [5.74, 6) is -2.41. The summed E-state index contributed by atoms with van der Waals surface area (Å²) in [4.78, 5) is 11.3. The van der Waals surface area contributed by atoms with Crippen molar-refractivity contribution in [2.24, 2.45) is 0 Å². The second kappa shape index (κ2) is 7.85. The van der Waals surface area contributed by atoms with Crippen LogP contribution in [0.25, 0.3) is 11.4 Å². The normalized spacial score (nSPS) is 12.6. The van der Waals surface area contributed by atoms with Gasteiger partial charge in [-0.15, -0.1) is 0 Å². The molecule has 2 aromatic heterocycles. The SMILES string of the molecule is O[C@@H](CNc1cc(C(F)(F)F)nc(-c2ccncc2)n1)c1c(F)cccc1F. The number of hydrogen-bond acceptors (Lipinski definition) is 5. The summed E-state index contributed by atoms with van der Waals surface area (Å²) in [7, 11) is 0. The number of aliphatic hydroxyl groups is 1. The third kappa shape index (κ3) is 4.39. The molecule has 1 atom stereocenters. The van der Waals surface area contributed by atoms with Crippen molar-refractivity contribution < 1.29 is 27.1 Å². The molecule has 0 bridgehead atoms. The lowest BCUT2D eigenvalue weighted by atomic mass is 10.1. The quantitative estimate of drug-likeness (QED) is 0.639. The fourth-order valence-corrected chi connectivity index (χ4v) is 2.45. The Morgan fingerprint density at radius 2 is 1.64 bits per heavy atom. The Morgan fingerprint density at radius 1 is 1.00 bits per heavy atom. The monoisotopic (exact) mass is 396 g/mol. The van der Waals surface area contributed by atoms with Gasteiger partial charge in [0, 0.05) is 30.6 Å². The molecule has 0 fully saturated rings. The number of hydrogen-bond donors (Lipinski definition) is 2. The van der Waals surface area contributed by atoms with Gasteiger partial charge in [-0.25, -0.2) is 18.7 Å². The number of nitrogens with zero attached hydrogens (tertiary/aromatic N) is 3. The molecule has 28 heavy (non-hydrogen) atoms. The van der Waals surface area contributed by atoms with E-state index in [0.717, 1.165) is 18.2 Å². The molecule has 10 heteroatoms. The number of nitrogens with one attached hydrogen (secondary N) is 1. The van der Waals surface area contributed by atoms with Gasteiger partial charge in [0.25, 0.3) is 0 Å². The maximum atomic E-state index is 13.7. The standard InChI is InChI=1S/C18H13F5N4O/c19-11-2-1-3-12(20)16(11)13(28)9-25-15-8-14(18(21,22)23)26-17(27-15)10-4-6-24-7-5-10/h1-8,13,28H,9H2,(H,25,26,27)/t13-/m0/s1. The van der Waals surface area contributed by atoms with E-state index in [1.54, 1.807) is 0 Å². The van der Waals surface area contributed by atoms with Crippen molar-refractivity contribution >= 4 is 5.82 Å². The molecule has 0 saturated heterocycles. The van der Waals surface area contributed by atoms with Gasteiger partial charge in [0.15, 0.2) is 11.5 Å². The van der Waals surface area contributed by atoms with Crippen LogP contribution in [0.1, 0.15) is 17.4 Å². The maximum absolute atomic E-state index is 13.7. The second-order valence-corrected chi connectivity index (χ2v) is 5.73. The number of anilines is 1. The topological polar surface area (TPSA) is 70.9 Å². The van der Waals surface area contributed by atoms with Gasteiger partial charge in [-0.1, -0.05) is 6.07 Å². The molecular formula is C18H13F5N4O. The molecule has 2 heterocycles. The summed E-state index contributed by atoms with van der Waals surface area (Å²) < 4.78 is 66.9. The number of rotatable bonds is 5. The minimum absolute atomic E-state index is 0.216. The molecule has 146 valence electrons. The van der Waals surface area contributed by atoms with E-state index >= 15 is 0 Å². The highest BCUT2D eigenvalue weighted by Crippen LogP contribution is 2.31. The van der Waals surface area contributed by atoms with Crippen molar-refractivity contribution in [3.8, 4) is 11.4 Å². The van der Waals surface area contributed by atoms with Crippen molar-refractivity contribution in [3.05, 3.63) is 71.7 Å². The summed E-state index contributed by atoms with van der Waals surface area (Å²) in [6.45, 7) is -0.470. The molecule has 0 radical (unpaired) electrons. The highest BCUT2D eigenvalue weighted by Gasteiger charge is 2.34. The Morgan fingerprint density at radius 3 is 2.25 bits per heavy atom. The van der Waals surface area contributed by atoms with Crippen molar-refractivity contribution in [2.75, 3.05) is 11.9 Å². The zero-order chi connectivity index (χ0) is 20.3. The number of aromatic nitrogens is 3. The lowest BCUT2D eigenvalue weighted by Gasteiger charge is -2.16. The number of aliphatic hydroxyl groups excluding tert-OH is 1. The van der Waals surface area contributed by atoms with Gasteiger partial charge in [0.05, 0.1) is 5.56 Å². The van der Waals surface area contributed by atoms with Crippen LogP contribution in [0, 0.1) is 11.6 Å². The molecule has 5 nitrogen and oxygen atoms in total. The first-order chi connectivity index (χ1) is 13.3. The molecule has 1 aromatic carbocycles. The van der Waals surface area contributed by atoms with E-state index in [9.17, 15) is 27.1 Å². The lowest BCUT2D eigenvalue weighted by molar-refractivity contribution is -0.141. The Labute approximate surface area is 155 Å². The third-order valence-electron chi connectivity index (χ3n) is 3.76. The van der Waals surface area contributed by atoms with E-state index in [1.807, 2.05) is 0 Å². The summed E-state index contributed by atoms with van der Waals surface area (Å²) in [6.07, 6.45) is -3.64. The van der Waals surface area contributed by atoms with Gasteiger partial charge in [-0.3, -0.25) is 4.98 Å². The molecule has 0 unspecified atom stereocenters. The van der Waals surface area contributed by atoms with E-state index < -0.39 is 41.7 Å². The minimum atomic E-state index is -4.74. The predicted molar refractivity (Wildman–Crippen MR) is 90.1 cm³/mol. The zero-order valence-corrected chi connectivity index (χ0v) is 14.1. The molecule has 0 amide bonds. The van der Waals surface area contributed by atoms with Crippen molar-refractivity contribution in [2.45, 2.75) is 12.3 Å². The number of benzene rings is 1. The third-order valence-corrected chi connectivity index (χ3v) is 3.76. The fourth-order valence-electron chi connectivity index (χ4n) is 2.45. The smallest absolute Gasteiger partial charge is 0.386 e. The van der Waals surface area contributed by atoms with E-state index in [1.165, 1.54) is 24.5 Å². The van der Waals surface area contributed by atoms with Crippen LogP contribution in [0.15, 0.2) is 48.8 Å². The molecule has 0 saturated carbocycles. The van der Waals surface area contributed by atoms with Crippen LogP contribution in [-0.4, -0.2) is 26.6 Å². The average Bonchev–Trinajstić information content (AvgIpc) is 2.66. The highest BCUT2D eigenvalue weighted by molar-refractivity contribution is 5.57. The maximum Gasteiger partial charge on any atom is 0.433 e. The first-order valence-corrected chi connectivity index (χ1v) is 7.98. The van der Waals surface area contributed by atoms with Crippen LogP contribution >= 0.6 is 0 Å². The lowest BCUT2D eigenvalue weighted by Crippen LogP contribution is -2.17. The first kappa shape index (κ1) is 19.6. The molecule has 0 aliphatic carbocycles. The summed E-state index contributed by atoms with van der Waals surface area (Å²) >= 11 is 0. The molecule has 0 aliphatic rings. The zero-order valence-electron chi connectivity index (χ0n) is 14.1. The van der Waals surface area contributed by atoms with E-state index in [4.69, 9.17) is 0 Å². The van der Waals surface area contributed by atoms with Crippen molar-refractivity contribution in [1.82, 2.24) is 15.0 Å². The van der Waals surface area contributed by atoms with Crippen LogP contribution in [0.3, 0.4) is 0 Å². The number of halogens is 5. The summed E-state index contributed by atoms with van der Waals surface area (Å²) in [5.41, 5.74) is -1.50. The van der Waals surface area contributed by atoms with Crippen LogP contribution in [-0.2, 0) is 6.18 Å². The molecule has 3 rings (SSSR count). The predicted octanol–water partition coefficient (Wildman–Crippen LogP) is 3.98. The van der Waals surface area contributed by atoms with Crippen molar-refractivity contribution in [1.29, 1.82) is 0 Å². The van der Waals surface area contributed by atoms with Crippen LogP contribution < -0.4 is 5.32 Å². The molecular weight excluding hydrogens is 383 g/mol. The van der Waals surface area contributed by atoms with E-state index in [2.05, 4.69) is 20.3 Å². The Kier molecular flexibility index (Phi) is 5.50. The Bertz CT molecular complexity index is 946. The van der Waals surface area contributed by atoms with Gasteiger partial charge in [-0.2, -0.15) is 13.2 Å². The first-order valence-electron chi connectivity index (χ1n) is 7.98. The van der Waals surface area contributed by atoms with Crippen LogP contribution in [0.5, 0.6) is 0 Å². The van der Waals surface area contributed by atoms with E-state index in [0.29, 0.717) is 11.6 Å². The number of alkyl halides is 3. The second-order valence-electron chi connectivity index (χ2n) is 5.73. The fraction of sp³-hybridized carbons (Fsp3) is 0.167. The molecule has 0 aliphatic heterocycles. The van der Waals surface area contributed by atoms with Gasteiger partial charge >= 0.3 is 6.18 Å². The van der Waals surface area contributed by atoms with Gasteiger partial charge in [0.2, 0.25) is 0 Å². The summed E-state index contributed by atoms with van der Waals surface area (Å²) in [5, 5.41) is 12.5. The van der Waals surface area contributed by atoms with Gasteiger partial charge in [-0.05, 0) is 24.3 Å². The minimum Gasteiger partial charge on any atom is -0.386 e. The largest absolute Gasteiger partial charge is 0.433 e. The Balaban J connectivity index is 1.89. The van der Waals surface area contributed by atoms with E-state index in [-0.39, 0.29) is 11.6 Å². The van der Waals surface area contributed by atoms with Crippen LogP contribution in [0.2, 0.25) is 0 Å². The average molecular weight is 396 g/mol. The molecule has 0 spiro atoms. The van der Waals surface area contributed by atoms with Gasteiger partial charge in [0.1, 0.15) is 23.6 Å². The summed E-state index contributed by atoms with van der Waals surface area (Å²) in [6, 6.07) is 6.58. The van der Waals surface area contributed by atoms with Crippen molar-refractivity contribution in [3.63, 3.8) is 0 Å². The van der Waals surface area contributed by atoms with Crippen LogP contribution in [0.4, 0.5) is 27.8 Å². The molecule has 2 N–H and O–H groups in total. The molecule has 3 aromatic rings.